The van der Waals surface area contributed by atoms with Crippen LogP contribution in [0, 0.1) is 10.1 Å². The van der Waals surface area contributed by atoms with Gasteiger partial charge in [-0.2, -0.15) is 9.38 Å². The third-order valence-corrected chi connectivity index (χ3v) is 4.68. The first-order valence-electron chi connectivity index (χ1n) is 8.22. The van der Waals surface area contributed by atoms with Gasteiger partial charge in [0.25, 0.3) is 0 Å². The molecule has 2 aromatic heterocycles. The van der Waals surface area contributed by atoms with E-state index >= 15 is 0 Å². The average Bonchev–Trinajstić information content (AvgIpc) is 3.06. The van der Waals surface area contributed by atoms with Crippen molar-refractivity contribution in [1.82, 2.24) is 9.38 Å². The summed E-state index contributed by atoms with van der Waals surface area (Å²) in [5.74, 6) is 1.72. The van der Waals surface area contributed by atoms with Gasteiger partial charge in [-0.3, -0.25) is 0 Å². The topological polar surface area (TPSA) is 82.1 Å². The van der Waals surface area contributed by atoms with Crippen LogP contribution < -0.4 is 14.4 Å². The second-order valence-corrected chi connectivity index (χ2v) is 6.09. The normalized spacial score (nSPS) is 13.5. The number of nitro groups is 1. The van der Waals surface area contributed by atoms with Crippen LogP contribution in [0.1, 0.15) is 11.1 Å². The van der Waals surface area contributed by atoms with E-state index in [0.29, 0.717) is 36.1 Å². The fourth-order valence-corrected chi connectivity index (χ4v) is 3.42. The highest BCUT2D eigenvalue weighted by Crippen LogP contribution is 2.36. The summed E-state index contributed by atoms with van der Waals surface area (Å²) < 4.78 is 12.3. The first kappa shape index (κ1) is 16.2. The molecule has 0 N–H and O–H groups in total. The largest absolute Gasteiger partial charge is 0.493 e. The van der Waals surface area contributed by atoms with Crippen LogP contribution in [0.2, 0.25) is 0 Å². The summed E-state index contributed by atoms with van der Waals surface area (Å²) in [6.07, 6.45) is 2.41. The highest BCUT2D eigenvalue weighted by Gasteiger charge is 2.29. The number of nitrogens with zero attached hydrogens (tertiary/aromatic N) is 4. The summed E-state index contributed by atoms with van der Waals surface area (Å²) in [4.78, 5) is 17.7. The van der Waals surface area contributed by atoms with Crippen LogP contribution in [0.25, 0.3) is 5.65 Å². The first-order chi connectivity index (χ1) is 12.6. The molecule has 0 amide bonds. The molecule has 0 unspecified atom stereocenters. The second kappa shape index (κ2) is 6.21. The Balaban J connectivity index is 1.77. The van der Waals surface area contributed by atoms with Crippen molar-refractivity contribution in [3.8, 4) is 11.5 Å². The van der Waals surface area contributed by atoms with Crippen molar-refractivity contribution < 1.29 is 14.4 Å². The SMILES string of the molecule is COc1cc2c(cc1OC)CN(c1nc3ccccn3c1[N+](=O)[O-])CC2. The van der Waals surface area contributed by atoms with Crippen LogP contribution >= 0.6 is 0 Å². The monoisotopic (exact) mass is 354 g/mol. The van der Waals surface area contributed by atoms with E-state index < -0.39 is 0 Å². The maximum atomic E-state index is 11.7. The van der Waals surface area contributed by atoms with Crippen molar-refractivity contribution in [2.75, 3.05) is 25.7 Å². The minimum atomic E-state index is -0.376. The number of ether oxygens (including phenoxy) is 2. The lowest BCUT2D eigenvalue weighted by Crippen LogP contribution is -2.31. The van der Waals surface area contributed by atoms with Crippen LogP contribution in [-0.2, 0) is 13.0 Å². The van der Waals surface area contributed by atoms with E-state index in [4.69, 9.17) is 9.47 Å². The minimum Gasteiger partial charge on any atom is -0.493 e. The third-order valence-electron chi connectivity index (χ3n) is 4.68. The molecule has 0 saturated heterocycles. The standard InChI is InChI=1S/C18H18N4O4/c1-25-14-9-12-6-8-20(11-13(12)10-15(14)26-2)17-18(22(23)24)21-7-4-3-5-16(21)19-17/h3-5,7,9-10H,6,8,11H2,1-2H3. The zero-order valence-corrected chi connectivity index (χ0v) is 14.5. The maximum absolute atomic E-state index is 11.7. The lowest BCUT2D eigenvalue weighted by atomic mass is 9.99. The Morgan fingerprint density at radius 2 is 1.88 bits per heavy atom. The molecule has 1 aliphatic rings. The van der Waals surface area contributed by atoms with Crippen molar-refractivity contribution in [2.45, 2.75) is 13.0 Å². The van der Waals surface area contributed by atoms with Crippen molar-refractivity contribution in [3.05, 3.63) is 57.8 Å². The number of imidazole rings is 1. The first-order valence-corrected chi connectivity index (χ1v) is 8.22. The van der Waals surface area contributed by atoms with Gasteiger partial charge in [-0.05, 0) is 40.7 Å². The van der Waals surface area contributed by atoms with E-state index in [-0.39, 0.29) is 10.7 Å². The van der Waals surface area contributed by atoms with E-state index in [9.17, 15) is 10.1 Å². The molecular formula is C18H18N4O4. The van der Waals surface area contributed by atoms with Crippen LogP contribution in [0.15, 0.2) is 36.5 Å². The van der Waals surface area contributed by atoms with Gasteiger partial charge < -0.3 is 24.5 Å². The number of hydrogen-bond acceptors (Lipinski definition) is 6. The quantitative estimate of drug-likeness (QED) is 0.529. The summed E-state index contributed by atoms with van der Waals surface area (Å²) in [5, 5.41) is 11.7. The number of rotatable bonds is 4. The molecule has 8 heteroatoms. The highest BCUT2D eigenvalue weighted by molar-refractivity contribution is 5.64. The lowest BCUT2D eigenvalue weighted by Gasteiger charge is -2.29. The second-order valence-electron chi connectivity index (χ2n) is 6.09. The Bertz CT molecular complexity index is 998. The maximum Gasteiger partial charge on any atom is 0.372 e. The van der Waals surface area contributed by atoms with Gasteiger partial charge >= 0.3 is 5.82 Å². The Morgan fingerprint density at radius 1 is 1.15 bits per heavy atom. The third kappa shape index (κ3) is 2.50. The van der Waals surface area contributed by atoms with Crippen molar-refractivity contribution in [2.24, 2.45) is 0 Å². The lowest BCUT2D eigenvalue weighted by molar-refractivity contribution is -0.389. The molecule has 8 nitrogen and oxygen atoms in total. The van der Waals surface area contributed by atoms with E-state index in [1.165, 1.54) is 4.40 Å². The van der Waals surface area contributed by atoms with Gasteiger partial charge in [0.1, 0.15) is 0 Å². The number of anilines is 1. The predicted molar refractivity (Wildman–Crippen MR) is 96.1 cm³/mol. The fraction of sp³-hybridized carbons (Fsp3) is 0.278. The smallest absolute Gasteiger partial charge is 0.372 e. The summed E-state index contributed by atoms with van der Waals surface area (Å²) in [5.41, 5.74) is 2.78. The van der Waals surface area contributed by atoms with Crippen molar-refractivity contribution in [1.29, 1.82) is 0 Å². The van der Waals surface area contributed by atoms with E-state index in [0.717, 1.165) is 17.5 Å². The van der Waals surface area contributed by atoms with Gasteiger partial charge in [-0.25, -0.2) is 0 Å². The highest BCUT2D eigenvalue weighted by atomic mass is 16.6. The molecule has 3 aromatic rings. The number of hydrogen-bond donors (Lipinski definition) is 0. The number of fused-ring (bicyclic) bond motifs is 2. The van der Waals surface area contributed by atoms with Gasteiger partial charge in [0.15, 0.2) is 11.5 Å². The molecule has 1 aromatic carbocycles. The molecule has 3 heterocycles. The Kier molecular flexibility index (Phi) is 3.87. The van der Waals surface area contributed by atoms with Gasteiger partial charge in [-0.1, -0.05) is 6.07 Å². The molecule has 0 fully saturated rings. The number of pyridine rings is 1. The Hall–Kier alpha value is -3.29. The van der Waals surface area contributed by atoms with Gasteiger partial charge in [0.05, 0.1) is 20.4 Å². The Labute approximate surface area is 149 Å². The van der Waals surface area contributed by atoms with E-state index in [2.05, 4.69) is 4.98 Å². The summed E-state index contributed by atoms with van der Waals surface area (Å²) in [6.45, 7) is 1.17. The summed E-state index contributed by atoms with van der Waals surface area (Å²) >= 11 is 0. The molecule has 0 saturated carbocycles. The minimum absolute atomic E-state index is 0.00970. The summed E-state index contributed by atoms with van der Waals surface area (Å²) in [7, 11) is 3.21. The van der Waals surface area contributed by atoms with Crippen LogP contribution in [0.3, 0.4) is 0 Å². The molecule has 0 aliphatic carbocycles. The van der Waals surface area contributed by atoms with Gasteiger partial charge in [0, 0.05) is 19.2 Å². The predicted octanol–water partition coefficient (Wildman–Crippen LogP) is 2.82. The molecule has 134 valence electrons. The molecule has 0 bridgehead atoms. The molecule has 0 spiro atoms. The van der Waals surface area contributed by atoms with Crippen LogP contribution in [0.4, 0.5) is 11.6 Å². The molecule has 26 heavy (non-hydrogen) atoms. The van der Waals surface area contributed by atoms with Gasteiger partial charge in [-0.15, -0.1) is 0 Å². The summed E-state index contributed by atoms with van der Waals surface area (Å²) in [6, 6.07) is 9.25. The average molecular weight is 354 g/mol. The zero-order valence-electron chi connectivity index (χ0n) is 14.5. The number of aromatic nitrogens is 2. The molecule has 0 atom stereocenters. The Morgan fingerprint density at radius 3 is 2.58 bits per heavy atom. The molecule has 1 aliphatic heterocycles. The fourth-order valence-electron chi connectivity index (χ4n) is 3.42. The molecular weight excluding hydrogens is 336 g/mol. The van der Waals surface area contributed by atoms with E-state index in [1.807, 2.05) is 23.1 Å². The van der Waals surface area contributed by atoms with Crippen molar-refractivity contribution in [3.63, 3.8) is 0 Å². The molecule has 4 rings (SSSR count). The zero-order chi connectivity index (χ0) is 18.3. The number of benzene rings is 1. The van der Waals surface area contributed by atoms with Gasteiger partial charge in [0.2, 0.25) is 11.5 Å². The van der Waals surface area contributed by atoms with E-state index in [1.54, 1.807) is 32.5 Å². The van der Waals surface area contributed by atoms with Crippen LogP contribution in [-0.4, -0.2) is 35.1 Å². The van der Waals surface area contributed by atoms with Crippen LogP contribution in [0.5, 0.6) is 11.5 Å². The van der Waals surface area contributed by atoms with Crippen molar-refractivity contribution >= 4 is 17.3 Å². The number of methoxy groups -OCH3 is 2. The molecule has 0 radical (unpaired) electrons.